The molecule has 0 saturated carbocycles. The van der Waals surface area contributed by atoms with Gasteiger partial charge in [0.1, 0.15) is 6.10 Å². The fourth-order valence-corrected chi connectivity index (χ4v) is 1.94. The fourth-order valence-electron chi connectivity index (χ4n) is 1.94. The third-order valence-electron chi connectivity index (χ3n) is 2.75. The van der Waals surface area contributed by atoms with Gasteiger partial charge in [-0.3, -0.25) is 0 Å². The highest BCUT2D eigenvalue weighted by Crippen LogP contribution is 2.21. The van der Waals surface area contributed by atoms with E-state index in [1.165, 1.54) is 5.56 Å². The molecule has 0 aliphatic heterocycles. The third kappa shape index (κ3) is 4.41. The Hall–Kier alpha value is -0.900. The zero-order valence-electron chi connectivity index (χ0n) is 11.6. The molecule has 0 aromatic heterocycles. The summed E-state index contributed by atoms with van der Waals surface area (Å²) in [6.07, 6.45) is 0.799. The molecule has 0 radical (unpaired) electrons. The van der Waals surface area contributed by atoms with Crippen molar-refractivity contribution in [2.45, 2.75) is 46.0 Å². The van der Waals surface area contributed by atoms with E-state index in [2.05, 4.69) is 13.0 Å². The molecular weight excluding hydrogens is 228 g/mol. The molecule has 0 spiro atoms. The van der Waals surface area contributed by atoms with Gasteiger partial charge in [0, 0.05) is 13.2 Å². The van der Waals surface area contributed by atoms with E-state index in [-0.39, 0.29) is 0 Å². The maximum Gasteiger partial charge on any atom is 0.187 e. The van der Waals surface area contributed by atoms with Crippen LogP contribution >= 0.6 is 0 Å². The van der Waals surface area contributed by atoms with Crippen molar-refractivity contribution in [3.05, 3.63) is 35.4 Å². The number of hydrogen-bond acceptors (Lipinski definition) is 3. The molecule has 1 rings (SSSR count). The van der Waals surface area contributed by atoms with Gasteiger partial charge in [-0.2, -0.15) is 0 Å². The first kappa shape index (κ1) is 15.2. The van der Waals surface area contributed by atoms with Crippen molar-refractivity contribution in [2.24, 2.45) is 0 Å². The van der Waals surface area contributed by atoms with Gasteiger partial charge in [0.25, 0.3) is 0 Å². The van der Waals surface area contributed by atoms with Crippen molar-refractivity contribution in [3.63, 3.8) is 0 Å². The van der Waals surface area contributed by atoms with Crippen LogP contribution in [0.4, 0.5) is 0 Å². The molecule has 1 N–H and O–H groups in total. The lowest BCUT2D eigenvalue weighted by molar-refractivity contribution is -0.191. The van der Waals surface area contributed by atoms with Gasteiger partial charge in [-0.15, -0.1) is 0 Å². The number of ether oxygens (including phenoxy) is 2. The molecule has 0 aliphatic rings. The average molecular weight is 252 g/mol. The van der Waals surface area contributed by atoms with Crippen molar-refractivity contribution in [2.75, 3.05) is 13.2 Å². The molecule has 0 heterocycles. The van der Waals surface area contributed by atoms with E-state index < -0.39 is 12.4 Å². The van der Waals surface area contributed by atoms with Crippen LogP contribution in [0.15, 0.2) is 24.3 Å². The van der Waals surface area contributed by atoms with Gasteiger partial charge >= 0.3 is 0 Å². The molecule has 1 aromatic carbocycles. The molecule has 3 heteroatoms. The fraction of sp³-hybridized carbons (Fsp3) is 0.600. The number of aliphatic hydroxyl groups excluding tert-OH is 1. The maximum absolute atomic E-state index is 10.3. The third-order valence-corrected chi connectivity index (χ3v) is 2.75. The van der Waals surface area contributed by atoms with E-state index in [1.54, 1.807) is 0 Å². The first-order chi connectivity index (χ1) is 8.72. The molecule has 18 heavy (non-hydrogen) atoms. The summed E-state index contributed by atoms with van der Waals surface area (Å²) >= 11 is 0. The standard InChI is InChI=1S/C15H24O3/c1-4-8-12-9-7-10-13(11-12)14(16)15(17-5-2)18-6-3/h7,9-11,14-16H,4-6,8H2,1-3H3. The van der Waals surface area contributed by atoms with E-state index >= 15 is 0 Å². The molecule has 102 valence electrons. The smallest absolute Gasteiger partial charge is 0.187 e. The van der Waals surface area contributed by atoms with E-state index in [0.717, 1.165) is 18.4 Å². The first-order valence-corrected chi connectivity index (χ1v) is 6.73. The summed E-state index contributed by atoms with van der Waals surface area (Å²) in [6, 6.07) is 7.99. The van der Waals surface area contributed by atoms with Crippen LogP contribution in [0, 0.1) is 0 Å². The number of rotatable bonds is 8. The number of aryl methyl sites for hydroxylation is 1. The number of aliphatic hydroxyl groups is 1. The minimum Gasteiger partial charge on any atom is -0.383 e. The minimum absolute atomic E-state index is 0.524. The lowest BCUT2D eigenvalue weighted by Gasteiger charge is -2.23. The zero-order chi connectivity index (χ0) is 13.4. The molecule has 0 amide bonds. The molecule has 0 aliphatic carbocycles. The average Bonchev–Trinajstić information content (AvgIpc) is 2.38. The van der Waals surface area contributed by atoms with Gasteiger partial charge in [0.15, 0.2) is 6.29 Å². The monoisotopic (exact) mass is 252 g/mol. The van der Waals surface area contributed by atoms with Gasteiger partial charge in [-0.1, -0.05) is 37.6 Å². The second-order valence-corrected chi connectivity index (χ2v) is 4.22. The molecule has 1 atom stereocenters. The van der Waals surface area contributed by atoms with Gasteiger partial charge in [-0.25, -0.2) is 0 Å². The zero-order valence-corrected chi connectivity index (χ0v) is 11.6. The van der Waals surface area contributed by atoms with E-state index in [9.17, 15) is 5.11 Å². The number of hydrogen-bond donors (Lipinski definition) is 1. The highest BCUT2D eigenvalue weighted by molar-refractivity contribution is 5.25. The Morgan fingerprint density at radius 1 is 1.11 bits per heavy atom. The predicted molar refractivity (Wildman–Crippen MR) is 72.4 cm³/mol. The lowest BCUT2D eigenvalue weighted by Crippen LogP contribution is -2.25. The van der Waals surface area contributed by atoms with Gasteiger partial charge in [0.2, 0.25) is 0 Å². The van der Waals surface area contributed by atoms with Gasteiger partial charge in [-0.05, 0) is 31.4 Å². The predicted octanol–water partition coefficient (Wildman–Crippen LogP) is 3.07. The lowest BCUT2D eigenvalue weighted by atomic mass is 10.0. The highest BCUT2D eigenvalue weighted by Gasteiger charge is 2.21. The Morgan fingerprint density at radius 3 is 2.33 bits per heavy atom. The Bertz CT molecular complexity index is 332. The Kier molecular flexibility index (Phi) is 6.94. The van der Waals surface area contributed by atoms with Gasteiger partial charge in [0.05, 0.1) is 0 Å². The second kappa shape index (κ2) is 8.25. The highest BCUT2D eigenvalue weighted by atomic mass is 16.7. The van der Waals surface area contributed by atoms with Crippen LogP contribution in [-0.2, 0) is 15.9 Å². The topological polar surface area (TPSA) is 38.7 Å². The summed E-state index contributed by atoms with van der Waals surface area (Å²) in [4.78, 5) is 0. The minimum atomic E-state index is -0.735. The molecular formula is C15H24O3. The van der Waals surface area contributed by atoms with Crippen molar-refractivity contribution in [3.8, 4) is 0 Å². The number of benzene rings is 1. The van der Waals surface area contributed by atoms with E-state index in [0.29, 0.717) is 13.2 Å². The van der Waals surface area contributed by atoms with Crippen LogP contribution in [0.2, 0.25) is 0 Å². The van der Waals surface area contributed by atoms with Crippen molar-refractivity contribution in [1.82, 2.24) is 0 Å². The normalized spacial score (nSPS) is 12.9. The molecule has 0 bridgehead atoms. The van der Waals surface area contributed by atoms with Crippen LogP contribution in [0.3, 0.4) is 0 Å². The largest absolute Gasteiger partial charge is 0.383 e. The summed E-state index contributed by atoms with van der Waals surface area (Å²) in [6.45, 7) is 6.98. The Balaban J connectivity index is 2.79. The molecule has 3 nitrogen and oxygen atoms in total. The van der Waals surface area contributed by atoms with E-state index in [4.69, 9.17) is 9.47 Å². The SMILES string of the molecule is CCCc1cccc(C(O)C(OCC)OCC)c1. The second-order valence-electron chi connectivity index (χ2n) is 4.22. The maximum atomic E-state index is 10.3. The Labute approximate surface area is 110 Å². The van der Waals surface area contributed by atoms with Crippen LogP contribution < -0.4 is 0 Å². The quantitative estimate of drug-likeness (QED) is 0.723. The van der Waals surface area contributed by atoms with E-state index in [1.807, 2.05) is 32.0 Å². The van der Waals surface area contributed by atoms with Crippen molar-refractivity contribution < 1.29 is 14.6 Å². The molecule has 0 saturated heterocycles. The molecule has 1 aromatic rings. The van der Waals surface area contributed by atoms with Crippen LogP contribution in [0.5, 0.6) is 0 Å². The van der Waals surface area contributed by atoms with Crippen LogP contribution in [0.1, 0.15) is 44.4 Å². The summed E-state index contributed by atoms with van der Waals surface area (Å²) in [5.41, 5.74) is 2.09. The molecule has 1 unspecified atom stereocenters. The van der Waals surface area contributed by atoms with Crippen molar-refractivity contribution >= 4 is 0 Å². The van der Waals surface area contributed by atoms with Crippen LogP contribution in [-0.4, -0.2) is 24.6 Å². The van der Waals surface area contributed by atoms with Crippen LogP contribution in [0.25, 0.3) is 0 Å². The summed E-state index contributed by atoms with van der Waals surface area (Å²) in [5.74, 6) is 0. The van der Waals surface area contributed by atoms with Crippen molar-refractivity contribution in [1.29, 1.82) is 0 Å². The summed E-state index contributed by atoms with van der Waals surface area (Å²) in [7, 11) is 0. The Morgan fingerprint density at radius 2 is 1.78 bits per heavy atom. The summed E-state index contributed by atoms with van der Waals surface area (Å²) < 4.78 is 10.9. The van der Waals surface area contributed by atoms with Gasteiger partial charge < -0.3 is 14.6 Å². The molecule has 0 fully saturated rings. The first-order valence-electron chi connectivity index (χ1n) is 6.73. The summed E-state index contributed by atoms with van der Waals surface area (Å²) in [5, 5.41) is 10.3.